The molecule has 1 aromatic rings. The highest BCUT2D eigenvalue weighted by molar-refractivity contribution is 5.81. The number of nitrogens with zero attached hydrogens (tertiary/aromatic N) is 3. The third kappa shape index (κ3) is 5.73. The van der Waals surface area contributed by atoms with Crippen molar-refractivity contribution < 1.29 is 4.79 Å². The molecule has 142 valence electrons. The van der Waals surface area contributed by atoms with Crippen LogP contribution >= 0.6 is 0 Å². The van der Waals surface area contributed by atoms with Gasteiger partial charge in [0, 0.05) is 51.7 Å². The van der Waals surface area contributed by atoms with Gasteiger partial charge < -0.3 is 15.5 Å². The minimum Gasteiger partial charge on any atom is -0.357 e. The molecule has 1 amide bonds. The molecule has 0 radical (unpaired) electrons. The molecule has 1 aliphatic heterocycles. The SMILES string of the molecule is CCNC(=NCCNC(=O)C1CC1)N1CCN(Cc2ccccc2)CC1. The van der Waals surface area contributed by atoms with Crippen molar-refractivity contribution in [2.45, 2.75) is 26.3 Å². The summed E-state index contributed by atoms with van der Waals surface area (Å²) >= 11 is 0. The maximum absolute atomic E-state index is 11.7. The first-order valence-corrected chi connectivity index (χ1v) is 9.83. The van der Waals surface area contributed by atoms with Gasteiger partial charge in [0.25, 0.3) is 0 Å². The molecule has 1 heterocycles. The summed E-state index contributed by atoms with van der Waals surface area (Å²) in [7, 11) is 0. The number of rotatable bonds is 7. The van der Waals surface area contributed by atoms with Gasteiger partial charge in [0.15, 0.2) is 5.96 Å². The zero-order chi connectivity index (χ0) is 18.2. The van der Waals surface area contributed by atoms with E-state index in [9.17, 15) is 4.79 Å². The van der Waals surface area contributed by atoms with Crippen molar-refractivity contribution in [3.05, 3.63) is 35.9 Å². The predicted octanol–water partition coefficient (Wildman–Crippen LogP) is 1.30. The number of nitrogens with one attached hydrogen (secondary N) is 2. The van der Waals surface area contributed by atoms with Crippen molar-refractivity contribution in [3.8, 4) is 0 Å². The fraction of sp³-hybridized carbons (Fsp3) is 0.600. The molecule has 1 aliphatic carbocycles. The molecule has 1 saturated carbocycles. The standard InChI is InChI=1S/C20H31N5O/c1-2-21-20(23-11-10-22-19(26)18-8-9-18)25-14-12-24(13-15-25)16-17-6-4-3-5-7-17/h3-7,18H,2,8-16H2,1H3,(H,21,23)(H,22,26). The lowest BCUT2D eigenvalue weighted by Gasteiger charge is -2.36. The van der Waals surface area contributed by atoms with E-state index in [1.807, 2.05) is 0 Å². The number of carbonyl (C=O) groups is 1. The molecule has 1 aromatic carbocycles. The molecular weight excluding hydrogens is 326 g/mol. The number of piperazine rings is 1. The first-order valence-electron chi connectivity index (χ1n) is 9.83. The lowest BCUT2D eigenvalue weighted by atomic mass is 10.2. The summed E-state index contributed by atoms with van der Waals surface area (Å²) in [5.74, 6) is 1.43. The van der Waals surface area contributed by atoms with Gasteiger partial charge in [-0.1, -0.05) is 30.3 Å². The Morgan fingerprint density at radius 3 is 2.50 bits per heavy atom. The number of aliphatic imine (C=N–C) groups is 1. The molecule has 3 rings (SSSR count). The molecule has 0 unspecified atom stereocenters. The van der Waals surface area contributed by atoms with Gasteiger partial charge in [-0.15, -0.1) is 0 Å². The Labute approximate surface area is 156 Å². The van der Waals surface area contributed by atoms with E-state index in [1.165, 1.54) is 5.56 Å². The number of amides is 1. The minimum atomic E-state index is 0.194. The van der Waals surface area contributed by atoms with E-state index in [0.717, 1.165) is 58.1 Å². The van der Waals surface area contributed by atoms with Crippen LogP contribution in [0.15, 0.2) is 35.3 Å². The van der Waals surface area contributed by atoms with Crippen molar-refractivity contribution in [1.82, 2.24) is 20.4 Å². The van der Waals surface area contributed by atoms with Gasteiger partial charge in [-0.05, 0) is 25.3 Å². The van der Waals surface area contributed by atoms with E-state index in [4.69, 9.17) is 4.99 Å². The zero-order valence-electron chi connectivity index (χ0n) is 15.8. The maximum atomic E-state index is 11.7. The van der Waals surface area contributed by atoms with Crippen LogP contribution in [0.25, 0.3) is 0 Å². The molecule has 6 heteroatoms. The smallest absolute Gasteiger partial charge is 0.223 e. The van der Waals surface area contributed by atoms with Crippen LogP contribution in [-0.2, 0) is 11.3 Å². The van der Waals surface area contributed by atoms with E-state index in [2.05, 4.69) is 57.7 Å². The van der Waals surface area contributed by atoms with Gasteiger partial charge in [-0.25, -0.2) is 0 Å². The average molecular weight is 358 g/mol. The normalized spacial score (nSPS) is 18.7. The van der Waals surface area contributed by atoms with Gasteiger partial charge in [-0.3, -0.25) is 14.7 Å². The van der Waals surface area contributed by atoms with Crippen LogP contribution in [0, 0.1) is 5.92 Å². The summed E-state index contributed by atoms with van der Waals surface area (Å²) in [6.07, 6.45) is 2.09. The molecule has 0 aromatic heterocycles. The topological polar surface area (TPSA) is 60.0 Å². The monoisotopic (exact) mass is 357 g/mol. The van der Waals surface area contributed by atoms with E-state index >= 15 is 0 Å². The van der Waals surface area contributed by atoms with E-state index in [0.29, 0.717) is 13.1 Å². The van der Waals surface area contributed by atoms with Crippen molar-refractivity contribution >= 4 is 11.9 Å². The summed E-state index contributed by atoms with van der Waals surface area (Å²) in [6, 6.07) is 10.6. The van der Waals surface area contributed by atoms with Crippen molar-refractivity contribution in [2.24, 2.45) is 10.9 Å². The van der Waals surface area contributed by atoms with Crippen LogP contribution in [0.1, 0.15) is 25.3 Å². The number of hydrogen-bond acceptors (Lipinski definition) is 3. The summed E-state index contributed by atoms with van der Waals surface area (Å²) in [5.41, 5.74) is 1.37. The number of benzene rings is 1. The van der Waals surface area contributed by atoms with E-state index in [1.54, 1.807) is 0 Å². The Kier molecular flexibility index (Phi) is 6.89. The van der Waals surface area contributed by atoms with Crippen LogP contribution in [0.2, 0.25) is 0 Å². The van der Waals surface area contributed by atoms with Crippen molar-refractivity contribution in [3.63, 3.8) is 0 Å². The molecule has 0 atom stereocenters. The molecule has 2 fully saturated rings. The second-order valence-corrected chi connectivity index (χ2v) is 7.05. The number of hydrogen-bond donors (Lipinski definition) is 2. The molecule has 1 saturated heterocycles. The summed E-state index contributed by atoms with van der Waals surface area (Å²) in [6.45, 7) is 9.25. The molecule has 26 heavy (non-hydrogen) atoms. The van der Waals surface area contributed by atoms with Gasteiger partial charge in [0.1, 0.15) is 0 Å². The van der Waals surface area contributed by atoms with Gasteiger partial charge >= 0.3 is 0 Å². The Hall–Kier alpha value is -2.08. The maximum Gasteiger partial charge on any atom is 0.223 e. The highest BCUT2D eigenvalue weighted by Gasteiger charge is 2.29. The predicted molar refractivity (Wildman–Crippen MR) is 105 cm³/mol. The second kappa shape index (κ2) is 9.57. The number of carbonyl (C=O) groups excluding carboxylic acids is 1. The quantitative estimate of drug-likeness (QED) is 0.439. The first-order chi connectivity index (χ1) is 12.8. The van der Waals surface area contributed by atoms with Crippen LogP contribution in [-0.4, -0.2) is 67.5 Å². The van der Waals surface area contributed by atoms with Gasteiger partial charge in [-0.2, -0.15) is 0 Å². The summed E-state index contributed by atoms with van der Waals surface area (Å²) in [4.78, 5) is 21.2. The van der Waals surface area contributed by atoms with Crippen molar-refractivity contribution in [1.29, 1.82) is 0 Å². The van der Waals surface area contributed by atoms with E-state index in [-0.39, 0.29) is 11.8 Å². The third-order valence-electron chi connectivity index (χ3n) is 4.88. The van der Waals surface area contributed by atoms with Crippen LogP contribution < -0.4 is 10.6 Å². The molecule has 0 spiro atoms. The number of guanidine groups is 1. The second-order valence-electron chi connectivity index (χ2n) is 7.05. The lowest BCUT2D eigenvalue weighted by Crippen LogP contribution is -2.52. The molecule has 2 N–H and O–H groups in total. The highest BCUT2D eigenvalue weighted by Crippen LogP contribution is 2.28. The van der Waals surface area contributed by atoms with Gasteiger partial charge in [0.05, 0.1) is 6.54 Å². The lowest BCUT2D eigenvalue weighted by molar-refractivity contribution is -0.122. The Morgan fingerprint density at radius 2 is 1.85 bits per heavy atom. The fourth-order valence-corrected chi connectivity index (χ4v) is 3.22. The Balaban J connectivity index is 1.43. The molecule has 0 bridgehead atoms. The van der Waals surface area contributed by atoms with Crippen LogP contribution in [0.3, 0.4) is 0 Å². The molecule has 6 nitrogen and oxygen atoms in total. The summed E-state index contributed by atoms with van der Waals surface area (Å²) < 4.78 is 0. The van der Waals surface area contributed by atoms with Gasteiger partial charge in [0.2, 0.25) is 5.91 Å². The Bertz CT molecular complexity index is 591. The summed E-state index contributed by atoms with van der Waals surface area (Å²) in [5, 5.41) is 6.36. The molecule has 2 aliphatic rings. The van der Waals surface area contributed by atoms with Crippen LogP contribution in [0.5, 0.6) is 0 Å². The molecular formula is C20H31N5O. The average Bonchev–Trinajstić information content (AvgIpc) is 3.51. The van der Waals surface area contributed by atoms with Crippen LogP contribution in [0.4, 0.5) is 0 Å². The zero-order valence-corrected chi connectivity index (χ0v) is 15.8. The van der Waals surface area contributed by atoms with E-state index < -0.39 is 0 Å². The largest absolute Gasteiger partial charge is 0.357 e. The van der Waals surface area contributed by atoms with Crippen molar-refractivity contribution in [2.75, 3.05) is 45.8 Å². The highest BCUT2D eigenvalue weighted by atomic mass is 16.2. The fourth-order valence-electron chi connectivity index (χ4n) is 3.22. The minimum absolute atomic E-state index is 0.194. The Morgan fingerprint density at radius 1 is 1.12 bits per heavy atom. The third-order valence-corrected chi connectivity index (χ3v) is 4.88. The first kappa shape index (κ1) is 18.7.